The number of aromatic amines is 1. The van der Waals surface area contributed by atoms with Crippen LogP contribution in [0.25, 0.3) is 0 Å². The molecule has 1 aromatic rings. The Bertz CT molecular complexity index is 688. The van der Waals surface area contributed by atoms with Crippen molar-refractivity contribution >= 4 is 14.6 Å². The smallest absolute Gasteiger partial charge is 0.330 e. The maximum atomic E-state index is 11.9. The first-order valence-corrected chi connectivity index (χ1v) is 10.6. The topological polar surface area (TPSA) is 90.4 Å². The van der Waals surface area contributed by atoms with Crippen LogP contribution in [0.2, 0.25) is 18.1 Å². The van der Waals surface area contributed by atoms with Crippen molar-refractivity contribution in [1.82, 2.24) is 9.55 Å². The maximum Gasteiger partial charge on any atom is 0.330 e. The zero-order valence-corrected chi connectivity index (χ0v) is 15.2. The van der Waals surface area contributed by atoms with E-state index in [2.05, 4.69) is 38.8 Å². The van der Waals surface area contributed by atoms with Crippen molar-refractivity contribution in [3.8, 4) is 0 Å². The Morgan fingerprint density at radius 2 is 2.04 bits per heavy atom. The summed E-state index contributed by atoms with van der Waals surface area (Å²) in [5, 5.41) is 0.00728. The van der Waals surface area contributed by atoms with Crippen molar-refractivity contribution < 1.29 is 14.0 Å². The summed E-state index contributed by atoms with van der Waals surface area (Å²) in [6.07, 6.45) is 0.758. The van der Waals surface area contributed by atoms with Crippen molar-refractivity contribution in [3.05, 3.63) is 33.1 Å². The van der Waals surface area contributed by atoms with Crippen LogP contribution in [0, 0.1) is 0 Å². The van der Waals surface area contributed by atoms with Crippen LogP contribution in [-0.2, 0) is 14.0 Å². The third-order valence-electron chi connectivity index (χ3n) is 4.66. The third kappa shape index (κ3) is 3.70. The van der Waals surface area contributed by atoms with E-state index in [0.717, 1.165) is 0 Å². The number of nitrogens with one attached hydrogen (secondary N) is 1. The summed E-state index contributed by atoms with van der Waals surface area (Å²) < 4.78 is 13.2. The molecule has 0 amide bonds. The monoisotopic (exact) mass is 340 g/mol. The molecule has 1 aromatic heterocycles. The van der Waals surface area contributed by atoms with Crippen molar-refractivity contribution in [1.29, 1.82) is 0 Å². The third-order valence-corrected chi connectivity index (χ3v) is 9.17. The number of carbonyl (C=O) groups is 1. The van der Waals surface area contributed by atoms with E-state index >= 15 is 0 Å². The number of nitrogens with zero attached hydrogens (tertiary/aromatic N) is 1. The molecular formula is C15H24N2O5Si. The van der Waals surface area contributed by atoms with Gasteiger partial charge in [0.05, 0.1) is 6.10 Å². The van der Waals surface area contributed by atoms with E-state index < -0.39 is 38.0 Å². The van der Waals surface area contributed by atoms with E-state index in [1.807, 2.05) is 0 Å². The predicted octanol–water partition coefficient (Wildman–Crippen LogP) is 1.41. The molecule has 8 heteroatoms. The van der Waals surface area contributed by atoms with Gasteiger partial charge in [-0.15, -0.1) is 0 Å². The summed E-state index contributed by atoms with van der Waals surface area (Å²) in [6.45, 7) is 10.6. The number of aromatic nitrogens is 2. The van der Waals surface area contributed by atoms with Crippen LogP contribution in [0.1, 0.15) is 33.4 Å². The lowest BCUT2D eigenvalue weighted by atomic mass is 10.2. The SMILES string of the molecule is CC(C)(C)[Si](C)(C)O[C@H]1C[C@H](n2ccc(=O)[nH]c2=O)O[C@@H]1C=O. The average molecular weight is 340 g/mol. The van der Waals surface area contributed by atoms with Gasteiger partial charge in [-0.3, -0.25) is 14.3 Å². The highest BCUT2D eigenvalue weighted by Crippen LogP contribution is 2.40. The van der Waals surface area contributed by atoms with Crippen LogP contribution in [-0.4, -0.2) is 36.4 Å². The molecule has 0 aliphatic carbocycles. The molecular weight excluding hydrogens is 316 g/mol. The van der Waals surface area contributed by atoms with Gasteiger partial charge in [-0.25, -0.2) is 4.79 Å². The predicted molar refractivity (Wildman–Crippen MR) is 88.0 cm³/mol. The van der Waals surface area contributed by atoms with E-state index in [0.29, 0.717) is 12.7 Å². The van der Waals surface area contributed by atoms with Crippen LogP contribution in [0.4, 0.5) is 0 Å². The highest BCUT2D eigenvalue weighted by molar-refractivity contribution is 6.74. The molecule has 2 rings (SSSR count). The van der Waals surface area contributed by atoms with Gasteiger partial charge in [0.25, 0.3) is 5.56 Å². The number of aldehydes is 1. The molecule has 1 N–H and O–H groups in total. The summed E-state index contributed by atoms with van der Waals surface area (Å²) in [6, 6.07) is 1.25. The number of H-pyrrole nitrogens is 1. The fourth-order valence-electron chi connectivity index (χ4n) is 2.28. The van der Waals surface area contributed by atoms with Crippen LogP contribution >= 0.6 is 0 Å². The Morgan fingerprint density at radius 3 is 2.57 bits per heavy atom. The van der Waals surface area contributed by atoms with Gasteiger partial charge in [-0.2, -0.15) is 0 Å². The minimum atomic E-state index is -2.07. The Kier molecular flexibility index (Phi) is 4.79. The molecule has 23 heavy (non-hydrogen) atoms. The zero-order valence-electron chi connectivity index (χ0n) is 14.2. The van der Waals surface area contributed by atoms with E-state index in [1.165, 1.54) is 16.8 Å². The second-order valence-corrected chi connectivity index (χ2v) is 12.1. The minimum Gasteiger partial charge on any atom is -0.411 e. The Hall–Kier alpha value is -1.51. The van der Waals surface area contributed by atoms with Crippen molar-refractivity contribution in [3.63, 3.8) is 0 Å². The largest absolute Gasteiger partial charge is 0.411 e. The van der Waals surface area contributed by atoms with Gasteiger partial charge in [-0.05, 0) is 18.1 Å². The van der Waals surface area contributed by atoms with Gasteiger partial charge in [0, 0.05) is 18.7 Å². The minimum absolute atomic E-state index is 0.00728. The summed E-state index contributed by atoms with van der Waals surface area (Å²) in [4.78, 5) is 36.6. The molecule has 0 bridgehead atoms. The van der Waals surface area contributed by atoms with Gasteiger partial charge < -0.3 is 14.0 Å². The van der Waals surface area contributed by atoms with Crippen molar-refractivity contribution in [2.24, 2.45) is 0 Å². The highest BCUT2D eigenvalue weighted by Gasteiger charge is 2.45. The molecule has 0 aromatic carbocycles. The quantitative estimate of drug-likeness (QED) is 0.661. The van der Waals surface area contributed by atoms with E-state index in [-0.39, 0.29) is 5.04 Å². The molecule has 1 saturated heterocycles. The van der Waals surface area contributed by atoms with Crippen molar-refractivity contribution in [2.75, 3.05) is 0 Å². The van der Waals surface area contributed by atoms with Crippen LogP contribution in [0.5, 0.6) is 0 Å². The second kappa shape index (κ2) is 6.18. The number of rotatable bonds is 4. The molecule has 0 radical (unpaired) electrons. The van der Waals surface area contributed by atoms with E-state index in [9.17, 15) is 14.4 Å². The van der Waals surface area contributed by atoms with Gasteiger partial charge >= 0.3 is 5.69 Å². The normalized spacial score (nSPS) is 25.5. The summed E-state index contributed by atoms with van der Waals surface area (Å²) in [5.74, 6) is 0. The summed E-state index contributed by atoms with van der Waals surface area (Å²) in [7, 11) is -2.07. The van der Waals surface area contributed by atoms with Crippen LogP contribution in [0.3, 0.4) is 0 Å². The van der Waals surface area contributed by atoms with Crippen LogP contribution < -0.4 is 11.2 Å². The standard InChI is InChI=1S/C15H24N2O5Si/c1-15(2,3)23(4,5)22-10-8-13(21-11(10)9-18)17-7-6-12(19)16-14(17)20/h6-7,9-11,13H,8H2,1-5H3,(H,16,19,20)/t10-,11+,13+/m0/s1. The first-order chi connectivity index (χ1) is 10.5. The van der Waals surface area contributed by atoms with Gasteiger partial charge in [-0.1, -0.05) is 20.8 Å². The number of hydrogen-bond acceptors (Lipinski definition) is 5. The van der Waals surface area contributed by atoms with Gasteiger partial charge in [0.15, 0.2) is 14.6 Å². The number of carbonyl (C=O) groups excluding carboxylic acids is 1. The Balaban J connectivity index is 2.22. The van der Waals surface area contributed by atoms with Crippen molar-refractivity contribution in [2.45, 2.75) is 63.8 Å². The number of hydrogen-bond donors (Lipinski definition) is 1. The maximum absolute atomic E-state index is 11.9. The Morgan fingerprint density at radius 1 is 1.39 bits per heavy atom. The zero-order chi connectivity index (χ0) is 17.4. The van der Waals surface area contributed by atoms with Gasteiger partial charge in [0.1, 0.15) is 12.3 Å². The molecule has 0 spiro atoms. The molecule has 128 valence electrons. The summed E-state index contributed by atoms with van der Waals surface area (Å²) >= 11 is 0. The van der Waals surface area contributed by atoms with E-state index in [4.69, 9.17) is 9.16 Å². The average Bonchev–Trinajstić information content (AvgIpc) is 2.79. The molecule has 1 aliphatic rings. The second-order valence-electron chi connectivity index (χ2n) is 7.36. The van der Waals surface area contributed by atoms with Gasteiger partial charge in [0.2, 0.25) is 0 Å². The van der Waals surface area contributed by atoms with Crippen LogP contribution in [0.15, 0.2) is 21.9 Å². The summed E-state index contributed by atoms with van der Waals surface area (Å²) in [5.41, 5.74) is -1.02. The lowest BCUT2D eigenvalue weighted by molar-refractivity contribution is -0.122. The fourth-order valence-corrected chi connectivity index (χ4v) is 3.62. The molecule has 0 unspecified atom stereocenters. The molecule has 2 heterocycles. The Labute approximate surface area is 135 Å². The molecule has 3 atom stereocenters. The fraction of sp³-hybridized carbons (Fsp3) is 0.667. The first-order valence-electron chi connectivity index (χ1n) is 7.65. The lowest BCUT2D eigenvalue weighted by Gasteiger charge is -2.38. The molecule has 1 aliphatic heterocycles. The lowest BCUT2D eigenvalue weighted by Crippen LogP contribution is -2.46. The number of ether oxygens (including phenoxy) is 1. The highest BCUT2D eigenvalue weighted by atomic mass is 28.4. The molecule has 1 fully saturated rings. The molecule has 7 nitrogen and oxygen atoms in total. The first kappa shape index (κ1) is 17.8. The molecule has 0 saturated carbocycles. The van der Waals surface area contributed by atoms with E-state index in [1.54, 1.807) is 0 Å².